The first-order valence-corrected chi connectivity index (χ1v) is 13.6. The van der Waals surface area contributed by atoms with E-state index in [1.807, 2.05) is 36.6 Å². The zero-order valence-electron chi connectivity index (χ0n) is 17.9. The minimum atomic E-state index is -3.06. The van der Waals surface area contributed by atoms with E-state index >= 15 is 0 Å². The summed E-state index contributed by atoms with van der Waals surface area (Å²) < 4.78 is 25.3. The number of hydrogen-bond acceptors (Lipinski definition) is 6. The van der Waals surface area contributed by atoms with Crippen LogP contribution < -0.4 is 5.56 Å². The highest BCUT2D eigenvalue weighted by Crippen LogP contribution is 2.33. The maximum atomic E-state index is 13.2. The molecular weight excluding hydrogens is 446 g/mol. The fourth-order valence-corrected chi connectivity index (χ4v) is 7.09. The van der Waals surface area contributed by atoms with Crippen LogP contribution in [0.3, 0.4) is 0 Å². The average molecular weight is 472 g/mol. The highest BCUT2D eigenvalue weighted by atomic mass is 32.2. The predicted molar refractivity (Wildman–Crippen MR) is 126 cm³/mol. The van der Waals surface area contributed by atoms with E-state index in [9.17, 15) is 18.0 Å². The number of sulfone groups is 1. The molecule has 0 radical (unpaired) electrons. The second kappa shape index (κ2) is 8.12. The largest absolute Gasteiger partial charge is 0.336 e. The van der Waals surface area contributed by atoms with Crippen LogP contribution in [-0.2, 0) is 21.2 Å². The molecule has 9 heteroatoms. The molecule has 168 valence electrons. The summed E-state index contributed by atoms with van der Waals surface area (Å²) in [5, 5.41) is 2.53. The Labute approximate surface area is 190 Å². The molecule has 3 heterocycles. The fraction of sp³-hybridized carbons (Fsp3) is 0.435. The maximum absolute atomic E-state index is 13.2. The molecule has 1 amide bonds. The molecule has 1 saturated heterocycles. The molecule has 1 aromatic carbocycles. The van der Waals surface area contributed by atoms with Crippen LogP contribution in [0.5, 0.6) is 0 Å². The van der Waals surface area contributed by atoms with Crippen LogP contribution >= 0.6 is 11.3 Å². The molecule has 0 spiro atoms. The Hall–Kier alpha value is -2.52. The number of aromatic nitrogens is 2. The van der Waals surface area contributed by atoms with Gasteiger partial charge in [-0.1, -0.05) is 29.8 Å². The third-order valence-electron chi connectivity index (χ3n) is 6.32. The summed E-state index contributed by atoms with van der Waals surface area (Å²) >= 11 is 1.44. The van der Waals surface area contributed by atoms with Crippen molar-refractivity contribution < 1.29 is 13.2 Å². The number of aryl methyl sites for hydroxylation is 2. The van der Waals surface area contributed by atoms with Crippen molar-refractivity contribution in [1.82, 2.24) is 14.5 Å². The number of rotatable bonds is 6. The smallest absolute Gasteiger partial charge is 0.262 e. The van der Waals surface area contributed by atoms with Gasteiger partial charge in [0, 0.05) is 36.0 Å². The van der Waals surface area contributed by atoms with Crippen LogP contribution in [0.2, 0.25) is 0 Å². The Kier molecular flexibility index (Phi) is 5.41. The summed E-state index contributed by atoms with van der Waals surface area (Å²) in [5.74, 6) is 0.122. The van der Waals surface area contributed by atoms with Crippen molar-refractivity contribution >= 4 is 37.3 Å². The van der Waals surface area contributed by atoms with E-state index in [4.69, 9.17) is 0 Å². The molecule has 1 aliphatic heterocycles. The van der Waals surface area contributed by atoms with Crippen molar-refractivity contribution in [3.8, 4) is 11.1 Å². The van der Waals surface area contributed by atoms with Gasteiger partial charge in [0.1, 0.15) is 4.83 Å². The minimum Gasteiger partial charge on any atom is -0.336 e. The number of hydrogen-bond donors (Lipinski definition) is 0. The van der Waals surface area contributed by atoms with Crippen molar-refractivity contribution in [3.05, 3.63) is 51.9 Å². The highest BCUT2D eigenvalue weighted by molar-refractivity contribution is 7.91. The molecule has 2 aliphatic rings. The Balaban J connectivity index is 1.38. The van der Waals surface area contributed by atoms with E-state index in [0.717, 1.165) is 29.5 Å². The van der Waals surface area contributed by atoms with Gasteiger partial charge in [0.05, 0.1) is 23.2 Å². The number of amides is 1. The summed E-state index contributed by atoms with van der Waals surface area (Å²) in [7, 11) is -3.06. The van der Waals surface area contributed by atoms with E-state index in [1.54, 1.807) is 4.90 Å². The van der Waals surface area contributed by atoms with Gasteiger partial charge < -0.3 is 4.90 Å². The molecule has 32 heavy (non-hydrogen) atoms. The van der Waals surface area contributed by atoms with E-state index in [-0.39, 0.29) is 48.0 Å². The lowest BCUT2D eigenvalue weighted by Gasteiger charge is -2.28. The molecular formula is C23H25N3O4S2. The molecule has 3 aromatic rings. The van der Waals surface area contributed by atoms with E-state index in [2.05, 4.69) is 4.98 Å². The summed E-state index contributed by atoms with van der Waals surface area (Å²) in [5.41, 5.74) is 2.83. The van der Waals surface area contributed by atoms with Gasteiger partial charge in [0.25, 0.3) is 5.56 Å². The van der Waals surface area contributed by atoms with Gasteiger partial charge in [-0.2, -0.15) is 0 Å². The monoisotopic (exact) mass is 471 g/mol. The predicted octanol–water partition coefficient (Wildman–Crippen LogP) is 3.00. The SMILES string of the molecule is Cc1ccc(-c2csc3ncn(CCC(=O)N(C4CC4)C4CCS(=O)(=O)C4)c(=O)c23)cc1. The third kappa shape index (κ3) is 4.11. The number of thiophene rings is 1. The van der Waals surface area contributed by atoms with Crippen molar-refractivity contribution in [2.24, 2.45) is 0 Å². The first-order valence-electron chi connectivity index (χ1n) is 10.9. The molecule has 1 unspecified atom stereocenters. The summed E-state index contributed by atoms with van der Waals surface area (Å²) in [6.07, 6.45) is 4.01. The Morgan fingerprint density at radius 2 is 1.94 bits per heavy atom. The second-order valence-electron chi connectivity index (χ2n) is 8.78. The quantitative estimate of drug-likeness (QED) is 0.551. The van der Waals surface area contributed by atoms with Crippen LogP contribution in [0.25, 0.3) is 21.3 Å². The van der Waals surface area contributed by atoms with Gasteiger partial charge in [-0.05, 0) is 31.7 Å². The van der Waals surface area contributed by atoms with Crippen molar-refractivity contribution in [2.75, 3.05) is 11.5 Å². The minimum absolute atomic E-state index is 0.0531. The van der Waals surface area contributed by atoms with E-state index < -0.39 is 9.84 Å². The number of benzene rings is 1. The van der Waals surface area contributed by atoms with E-state index in [1.165, 1.54) is 22.2 Å². The second-order valence-corrected chi connectivity index (χ2v) is 11.9. The summed E-state index contributed by atoms with van der Waals surface area (Å²) in [6.45, 7) is 2.25. The topological polar surface area (TPSA) is 89.3 Å². The molecule has 1 atom stereocenters. The van der Waals surface area contributed by atoms with Crippen molar-refractivity contribution in [1.29, 1.82) is 0 Å². The highest BCUT2D eigenvalue weighted by Gasteiger charge is 2.41. The molecule has 5 rings (SSSR count). The molecule has 0 N–H and O–H groups in total. The first-order chi connectivity index (χ1) is 15.3. The lowest BCUT2D eigenvalue weighted by atomic mass is 10.1. The van der Waals surface area contributed by atoms with Gasteiger partial charge in [-0.15, -0.1) is 11.3 Å². The van der Waals surface area contributed by atoms with Crippen LogP contribution in [0.4, 0.5) is 0 Å². The molecule has 7 nitrogen and oxygen atoms in total. The normalized spacial score (nSPS) is 20.0. The van der Waals surface area contributed by atoms with E-state index in [0.29, 0.717) is 16.6 Å². The van der Waals surface area contributed by atoms with Crippen LogP contribution in [0.15, 0.2) is 40.8 Å². The van der Waals surface area contributed by atoms with Crippen molar-refractivity contribution in [2.45, 2.75) is 51.2 Å². The summed E-state index contributed by atoms with van der Waals surface area (Å²) in [4.78, 5) is 33.2. The molecule has 1 aliphatic carbocycles. The van der Waals surface area contributed by atoms with Gasteiger partial charge >= 0.3 is 0 Å². The number of carbonyl (C=O) groups excluding carboxylic acids is 1. The number of nitrogens with zero attached hydrogens (tertiary/aromatic N) is 3. The molecule has 0 bridgehead atoms. The van der Waals surface area contributed by atoms with Gasteiger partial charge in [0.15, 0.2) is 9.84 Å². The lowest BCUT2D eigenvalue weighted by Crippen LogP contribution is -2.43. The maximum Gasteiger partial charge on any atom is 0.262 e. The van der Waals surface area contributed by atoms with Crippen LogP contribution in [0.1, 0.15) is 31.2 Å². The van der Waals surface area contributed by atoms with Gasteiger partial charge in [-0.3, -0.25) is 14.2 Å². The standard InChI is InChI=1S/C23H25N3O4S2/c1-15-2-4-16(5-3-15)19-12-31-22-21(19)23(28)25(14-24-22)10-8-20(27)26(17-6-7-17)18-9-11-32(29,30)13-18/h2-5,12,14,17-18H,6-11,13H2,1H3. The lowest BCUT2D eigenvalue weighted by molar-refractivity contribution is -0.134. The molecule has 2 fully saturated rings. The average Bonchev–Trinajstić information content (AvgIpc) is 3.38. The fourth-order valence-electron chi connectivity index (χ4n) is 4.47. The summed E-state index contributed by atoms with van der Waals surface area (Å²) in [6, 6.07) is 7.94. The zero-order chi connectivity index (χ0) is 22.5. The van der Waals surface area contributed by atoms with Crippen molar-refractivity contribution in [3.63, 3.8) is 0 Å². The Morgan fingerprint density at radius 3 is 2.59 bits per heavy atom. The zero-order valence-corrected chi connectivity index (χ0v) is 19.5. The first kappa shape index (κ1) is 21.3. The molecule has 2 aromatic heterocycles. The third-order valence-corrected chi connectivity index (χ3v) is 8.96. The Morgan fingerprint density at radius 1 is 1.19 bits per heavy atom. The Bertz CT molecular complexity index is 1340. The van der Waals surface area contributed by atoms with Crippen LogP contribution in [0, 0.1) is 6.92 Å². The van der Waals surface area contributed by atoms with Gasteiger partial charge in [0.2, 0.25) is 5.91 Å². The van der Waals surface area contributed by atoms with Crippen LogP contribution in [-0.4, -0.2) is 52.4 Å². The number of carbonyl (C=O) groups is 1. The van der Waals surface area contributed by atoms with Gasteiger partial charge in [-0.25, -0.2) is 13.4 Å². The molecule has 1 saturated carbocycles. The number of fused-ring (bicyclic) bond motifs is 1.